The molecule has 16 heteroatoms. The number of ether oxygens (including phenoxy) is 6. The van der Waals surface area contributed by atoms with Gasteiger partial charge in [0, 0.05) is 27.7 Å². The molecule has 0 spiro atoms. The Labute approximate surface area is 214 Å². The highest BCUT2D eigenvalue weighted by atomic mass is 79.9. The maximum absolute atomic E-state index is 11.7. The Morgan fingerprint density at radius 1 is 0.917 bits per heavy atom. The third-order valence-corrected chi connectivity index (χ3v) is 5.64. The fourth-order valence-corrected chi connectivity index (χ4v) is 4.08. The quantitative estimate of drug-likeness (QED) is 0.120. The molecule has 2 rings (SSSR count). The van der Waals surface area contributed by atoms with Crippen LogP contribution in [0.25, 0.3) is 0 Å². The van der Waals surface area contributed by atoms with Crippen molar-refractivity contribution >= 4 is 39.8 Å². The van der Waals surface area contributed by atoms with E-state index in [1.54, 1.807) is 0 Å². The predicted molar refractivity (Wildman–Crippen MR) is 117 cm³/mol. The fourth-order valence-electron chi connectivity index (χ4n) is 3.35. The van der Waals surface area contributed by atoms with E-state index >= 15 is 0 Å². The third kappa shape index (κ3) is 9.19. The average molecular weight is 591 g/mol. The van der Waals surface area contributed by atoms with Gasteiger partial charge in [-0.05, 0) is 15.9 Å². The summed E-state index contributed by atoms with van der Waals surface area (Å²) in [5.74, 6) is -2.93. The van der Waals surface area contributed by atoms with E-state index in [1.807, 2.05) is 0 Å². The number of esters is 3. The van der Waals surface area contributed by atoms with Crippen LogP contribution in [-0.2, 0) is 47.6 Å². The van der Waals surface area contributed by atoms with Gasteiger partial charge in [-0.25, -0.2) is 0 Å². The summed E-state index contributed by atoms with van der Waals surface area (Å²) in [4.78, 5) is 43.6. The number of alkyl halides is 1. The van der Waals surface area contributed by atoms with Crippen LogP contribution < -0.4 is 0 Å². The molecule has 0 aliphatic carbocycles. The number of hydrogen-bond acceptors (Lipinski definition) is 14. The van der Waals surface area contributed by atoms with Crippen LogP contribution >= 0.6 is 15.9 Å². The first kappa shape index (κ1) is 32.1. The van der Waals surface area contributed by atoms with Gasteiger partial charge in [-0.1, -0.05) is 0 Å². The predicted octanol–water partition coefficient (Wildman–Crippen LogP) is -2.19. The lowest BCUT2D eigenvalue weighted by Gasteiger charge is -2.49. The van der Waals surface area contributed by atoms with Gasteiger partial charge in [-0.3, -0.25) is 19.2 Å². The minimum Gasteiger partial charge on any atom is -0.481 e. The smallest absolute Gasteiger partial charge is 0.303 e. The lowest BCUT2D eigenvalue weighted by atomic mass is 9.97. The molecule has 0 bridgehead atoms. The van der Waals surface area contributed by atoms with Gasteiger partial charge in [0.15, 0.2) is 12.2 Å². The Hall–Kier alpha value is -1.92. The van der Waals surface area contributed by atoms with Crippen molar-refractivity contribution in [2.45, 2.75) is 81.2 Å². The molecule has 2 aliphatic rings. The van der Waals surface area contributed by atoms with Crippen LogP contribution in [-0.4, -0.2) is 123 Å². The van der Waals surface area contributed by atoms with E-state index in [0.29, 0.717) is 0 Å². The summed E-state index contributed by atoms with van der Waals surface area (Å²) in [5.41, 5.74) is 0. The molecule has 0 amide bonds. The Bertz CT molecular complexity index is 772. The molecule has 5 N–H and O–H groups in total. The maximum Gasteiger partial charge on any atom is 0.303 e. The molecule has 2 heterocycles. The summed E-state index contributed by atoms with van der Waals surface area (Å²) < 4.78 is 30.1. The topological polar surface area (TPSA) is 225 Å². The highest BCUT2D eigenvalue weighted by Crippen LogP contribution is 2.40. The number of aliphatic hydroxyl groups is 4. The number of hydrogen-bond donors (Lipinski definition) is 5. The Balaban J connectivity index is 0.00000150. The molecule has 0 aromatic carbocycles. The summed E-state index contributed by atoms with van der Waals surface area (Å²) in [7, 11) is 0. The normalized spacial score (nSPS) is 36.0. The number of halogens is 1. The van der Waals surface area contributed by atoms with Crippen molar-refractivity contribution in [1.29, 1.82) is 0 Å². The lowest BCUT2D eigenvalue weighted by Crippen LogP contribution is -2.67. The summed E-state index contributed by atoms with van der Waals surface area (Å²) in [6.07, 6.45) is -11.6. The molecule has 2 aliphatic heterocycles. The second-order valence-electron chi connectivity index (χ2n) is 7.85. The monoisotopic (exact) mass is 590 g/mol. The fraction of sp³-hybridized carbons (Fsp3) is 0.800. The molecular weight excluding hydrogens is 560 g/mol. The van der Waals surface area contributed by atoms with Crippen molar-refractivity contribution in [2.75, 3.05) is 19.8 Å². The van der Waals surface area contributed by atoms with Gasteiger partial charge in [0.2, 0.25) is 0 Å². The van der Waals surface area contributed by atoms with Gasteiger partial charge in [-0.15, -0.1) is 0 Å². The minimum atomic E-state index is -2.22. The Morgan fingerprint density at radius 2 is 1.47 bits per heavy atom. The highest BCUT2D eigenvalue weighted by Gasteiger charge is 2.57. The standard InChI is InChI=1S/C18H27BrO13.C2H4O2/c1-7(21)27-5-11-16(15(30-9(3)23)12(6-28-11)29-8(2)22)32-18(19)17(26)14(25)13(24)10(4-20)31-18;1-2(3)4/h10-17,20,24-26H,4-6H2,1-3H3;1H3,(H,3,4)/t10-,11-,12+,13-,14+,15-,16-,17-,18+;/m1./s1. The SMILES string of the molecule is CC(=O)O.CC(=O)OC[C@H]1OC[C@H](OC(C)=O)[C@@H](OC(C)=O)[C@@H]1O[C@@]1(Br)O[C@H](CO)[C@@H](O)[C@H](O)[C@H]1O. The number of carbonyl (C=O) groups excluding carboxylic acids is 3. The van der Waals surface area contributed by atoms with Gasteiger partial charge in [0.05, 0.1) is 13.2 Å². The molecule has 0 aromatic rings. The zero-order valence-corrected chi connectivity index (χ0v) is 21.5. The van der Waals surface area contributed by atoms with Crippen LogP contribution in [0.15, 0.2) is 0 Å². The van der Waals surface area contributed by atoms with Crippen LogP contribution in [0.3, 0.4) is 0 Å². The van der Waals surface area contributed by atoms with Crippen molar-refractivity contribution in [3.63, 3.8) is 0 Å². The van der Waals surface area contributed by atoms with Crippen LogP contribution in [0.1, 0.15) is 27.7 Å². The number of aliphatic carboxylic acids is 1. The van der Waals surface area contributed by atoms with Gasteiger partial charge < -0.3 is 54.0 Å². The molecule has 15 nitrogen and oxygen atoms in total. The number of carbonyl (C=O) groups is 4. The molecule has 2 saturated heterocycles. The molecule has 0 saturated carbocycles. The van der Waals surface area contributed by atoms with E-state index in [0.717, 1.165) is 27.7 Å². The van der Waals surface area contributed by atoms with E-state index in [2.05, 4.69) is 15.9 Å². The zero-order valence-electron chi connectivity index (χ0n) is 19.9. The van der Waals surface area contributed by atoms with Crippen LogP contribution in [0.2, 0.25) is 0 Å². The second kappa shape index (κ2) is 14.1. The van der Waals surface area contributed by atoms with Crippen molar-refractivity contribution in [3.8, 4) is 0 Å². The van der Waals surface area contributed by atoms with E-state index < -0.39 is 84.0 Å². The summed E-state index contributed by atoms with van der Waals surface area (Å²) in [6.45, 7) is 3.16. The number of aliphatic hydroxyl groups excluding tert-OH is 4. The lowest BCUT2D eigenvalue weighted by molar-refractivity contribution is -0.351. The van der Waals surface area contributed by atoms with Crippen molar-refractivity contribution in [1.82, 2.24) is 0 Å². The van der Waals surface area contributed by atoms with Crippen LogP contribution in [0, 0.1) is 0 Å². The second-order valence-corrected chi connectivity index (χ2v) is 8.95. The summed E-state index contributed by atoms with van der Waals surface area (Å²) in [5, 5.41) is 47.5. The first-order valence-corrected chi connectivity index (χ1v) is 11.4. The zero-order chi connectivity index (χ0) is 27.8. The van der Waals surface area contributed by atoms with E-state index in [4.69, 9.17) is 38.3 Å². The van der Waals surface area contributed by atoms with Gasteiger partial charge in [-0.2, -0.15) is 0 Å². The van der Waals surface area contributed by atoms with Crippen LogP contribution in [0.5, 0.6) is 0 Å². The largest absolute Gasteiger partial charge is 0.481 e. The van der Waals surface area contributed by atoms with Crippen molar-refractivity contribution < 1.29 is 73.1 Å². The summed E-state index contributed by atoms with van der Waals surface area (Å²) in [6, 6.07) is 0. The number of carboxylic acid groups (broad SMARTS) is 1. The van der Waals surface area contributed by atoms with E-state index in [9.17, 15) is 34.8 Å². The first-order valence-electron chi connectivity index (χ1n) is 10.6. The molecule has 0 unspecified atom stereocenters. The minimum absolute atomic E-state index is 0.234. The summed E-state index contributed by atoms with van der Waals surface area (Å²) >= 11 is 3.03. The molecular formula is C20H31BrO15. The molecule has 208 valence electrons. The van der Waals surface area contributed by atoms with E-state index in [1.165, 1.54) is 0 Å². The molecule has 0 radical (unpaired) electrons. The molecule has 0 aromatic heterocycles. The van der Waals surface area contributed by atoms with Crippen molar-refractivity contribution in [2.24, 2.45) is 0 Å². The van der Waals surface area contributed by atoms with Gasteiger partial charge in [0.25, 0.3) is 10.7 Å². The van der Waals surface area contributed by atoms with E-state index in [-0.39, 0.29) is 13.2 Å². The van der Waals surface area contributed by atoms with Crippen molar-refractivity contribution in [3.05, 3.63) is 0 Å². The Morgan fingerprint density at radius 3 is 1.94 bits per heavy atom. The third-order valence-electron chi connectivity index (χ3n) is 4.80. The van der Waals surface area contributed by atoms with Crippen LogP contribution in [0.4, 0.5) is 0 Å². The highest BCUT2D eigenvalue weighted by molar-refractivity contribution is 9.10. The molecule has 9 atom stereocenters. The van der Waals surface area contributed by atoms with Gasteiger partial charge in [0.1, 0.15) is 43.2 Å². The van der Waals surface area contributed by atoms with Gasteiger partial charge >= 0.3 is 17.9 Å². The number of rotatable bonds is 7. The maximum atomic E-state index is 11.7. The molecule has 36 heavy (non-hydrogen) atoms. The average Bonchev–Trinajstić information content (AvgIpc) is 2.75. The Kier molecular flexibility index (Phi) is 12.6. The number of carboxylic acids is 1. The first-order chi connectivity index (χ1) is 16.6. The molecule has 2 fully saturated rings.